The van der Waals surface area contributed by atoms with Crippen LogP contribution in [0.15, 0.2) is 106 Å². The third-order valence-electron chi connectivity index (χ3n) is 7.35. The summed E-state index contributed by atoms with van der Waals surface area (Å²) >= 11 is 3.37. The Labute approximate surface area is 284 Å². The minimum Gasteiger partial charge on any atom is -0.496 e. The summed E-state index contributed by atoms with van der Waals surface area (Å²) in [6.45, 7) is 6.73. The molecular formula is C36H39BrFN3O5S. The highest BCUT2D eigenvalue weighted by molar-refractivity contribution is 9.10. The van der Waals surface area contributed by atoms with E-state index in [4.69, 9.17) is 4.74 Å². The summed E-state index contributed by atoms with van der Waals surface area (Å²) in [5, 5.41) is 2.99. The van der Waals surface area contributed by atoms with Crippen LogP contribution in [0.2, 0.25) is 0 Å². The topological polar surface area (TPSA) is 96.0 Å². The molecule has 0 saturated carbocycles. The van der Waals surface area contributed by atoms with E-state index in [1.165, 1.54) is 42.3 Å². The van der Waals surface area contributed by atoms with Gasteiger partial charge in [0.25, 0.3) is 10.0 Å². The fourth-order valence-electron chi connectivity index (χ4n) is 4.97. The van der Waals surface area contributed by atoms with Crippen molar-refractivity contribution < 1.29 is 27.1 Å². The zero-order valence-corrected chi connectivity index (χ0v) is 29.4. The van der Waals surface area contributed by atoms with Crippen molar-refractivity contribution in [2.75, 3.05) is 18.0 Å². The van der Waals surface area contributed by atoms with Gasteiger partial charge in [0.2, 0.25) is 11.8 Å². The Morgan fingerprint density at radius 1 is 0.915 bits per heavy atom. The molecule has 0 radical (unpaired) electrons. The number of aryl methyl sites for hydroxylation is 1. The van der Waals surface area contributed by atoms with Gasteiger partial charge in [0.15, 0.2) is 0 Å². The summed E-state index contributed by atoms with van der Waals surface area (Å²) in [6.07, 6.45) is 0.165. The van der Waals surface area contributed by atoms with E-state index >= 15 is 0 Å². The van der Waals surface area contributed by atoms with Crippen molar-refractivity contribution in [1.29, 1.82) is 0 Å². The molecule has 0 aliphatic carbocycles. The molecule has 11 heteroatoms. The van der Waals surface area contributed by atoms with Gasteiger partial charge in [0.1, 0.15) is 24.2 Å². The van der Waals surface area contributed by atoms with Gasteiger partial charge < -0.3 is 15.0 Å². The second-order valence-electron chi connectivity index (χ2n) is 12.2. The number of sulfonamides is 1. The van der Waals surface area contributed by atoms with Gasteiger partial charge in [-0.2, -0.15) is 0 Å². The van der Waals surface area contributed by atoms with E-state index in [1.807, 2.05) is 58.0 Å². The molecule has 1 N–H and O–H groups in total. The van der Waals surface area contributed by atoms with Crippen LogP contribution in [0.5, 0.6) is 5.75 Å². The molecule has 8 nitrogen and oxygen atoms in total. The third kappa shape index (κ3) is 9.42. The first-order valence-electron chi connectivity index (χ1n) is 15.0. The van der Waals surface area contributed by atoms with Gasteiger partial charge in [-0.3, -0.25) is 13.9 Å². The maximum Gasteiger partial charge on any atom is 0.264 e. The number of hydrogen-bond acceptors (Lipinski definition) is 5. The molecule has 4 aromatic rings. The van der Waals surface area contributed by atoms with Gasteiger partial charge >= 0.3 is 0 Å². The number of nitrogens with one attached hydrogen (secondary N) is 1. The lowest BCUT2D eigenvalue weighted by atomic mass is 10.0. The van der Waals surface area contributed by atoms with Gasteiger partial charge in [0.05, 0.1) is 22.2 Å². The SMILES string of the molecule is COc1ccc(S(=O)(=O)N(CC(=O)N(Cc2ccc(F)cc2)[C@H](Cc2ccccc2)C(=O)NC(C)(C)C)c2ccc(C)cc2)cc1Br. The monoisotopic (exact) mass is 723 g/mol. The second-order valence-corrected chi connectivity index (χ2v) is 15.0. The number of carbonyl (C=O) groups excluding carboxylic acids is 2. The number of nitrogens with zero attached hydrogens (tertiary/aromatic N) is 2. The van der Waals surface area contributed by atoms with Crippen molar-refractivity contribution in [2.24, 2.45) is 0 Å². The lowest BCUT2D eigenvalue weighted by Crippen LogP contribution is -2.56. The Morgan fingerprint density at radius 2 is 1.55 bits per heavy atom. The normalized spacial score (nSPS) is 12.2. The van der Waals surface area contributed by atoms with E-state index in [-0.39, 0.29) is 23.5 Å². The Kier molecular flexibility index (Phi) is 11.5. The summed E-state index contributed by atoms with van der Waals surface area (Å²) in [4.78, 5) is 29.8. The van der Waals surface area contributed by atoms with Gasteiger partial charge in [-0.25, -0.2) is 12.8 Å². The first kappa shape index (κ1) is 35.6. The summed E-state index contributed by atoms with van der Waals surface area (Å²) in [6, 6.07) is 25.1. The molecule has 248 valence electrons. The Morgan fingerprint density at radius 3 is 2.13 bits per heavy atom. The van der Waals surface area contributed by atoms with Gasteiger partial charge in [-0.1, -0.05) is 60.2 Å². The largest absolute Gasteiger partial charge is 0.496 e. The van der Waals surface area contributed by atoms with Crippen molar-refractivity contribution in [3.8, 4) is 5.75 Å². The third-order valence-corrected chi connectivity index (χ3v) is 9.74. The average molecular weight is 725 g/mol. The first-order valence-corrected chi connectivity index (χ1v) is 17.2. The Hall–Kier alpha value is -4.22. The molecule has 47 heavy (non-hydrogen) atoms. The molecule has 0 unspecified atom stereocenters. The second kappa shape index (κ2) is 15.1. The van der Waals surface area contributed by atoms with Crippen LogP contribution >= 0.6 is 15.9 Å². The van der Waals surface area contributed by atoms with Crippen LogP contribution in [-0.2, 0) is 32.6 Å². The molecule has 0 heterocycles. The number of amides is 2. The van der Waals surface area contributed by atoms with Crippen LogP contribution in [0.3, 0.4) is 0 Å². The van der Waals surface area contributed by atoms with Crippen LogP contribution in [0.25, 0.3) is 0 Å². The minimum absolute atomic E-state index is 0.0602. The molecular weight excluding hydrogens is 685 g/mol. The van der Waals surface area contributed by atoms with Crippen LogP contribution in [-0.4, -0.2) is 50.4 Å². The van der Waals surface area contributed by atoms with Crippen LogP contribution in [0.1, 0.15) is 37.5 Å². The molecule has 2 amide bonds. The molecule has 0 aliphatic rings. The molecule has 0 aliphatic heterocycles. The number of carbonyl (C=O) groups is 2. The Bertz CT molecular complexity index is 1800. The number of halogens is 2. The van der Waals surface area contributed by atoms with Crippen molar-refractivity contribution in [3.05, 3.63) is 124 Å². The van der Waals surface area contributed by atoms with Gasteiger partial charge in [-0.15, -0.1) is 0 Å². The Balaban J connectivity index is 1.82. The lowest BCUT2D eigenvalue weighted by molar-refractivity contribution is -0.140. The highest BCUT2D eigenvalue weighted by Gasteiger charge is 2.35. The number of ether oxygens (including phenoxy) is 1. The summed E-state index contributed by atoms with van der Waals surface area (Å²) in [7, 11) is -2.83. The number of anilines is 1. The predicted molar refractivity (Wildman–Crippen MR) is 185 cm³/mol. The van der Waals surface area contributed by atoms with Gasteiger partial charge in [-0.05, 0) is 97.2 Å². The van der Waals surface area contributed by atoms with Crippen molar-refractivity contribution in [2.45, 2.75) is 57.1 Å². The van der Waals surface area contributed by atoms with Crippen molar-refractivity contribution in [3.63, 3.8) is 0 Å². The fourth-order valence-corrected chi connectivity index (χ4v) is 7.10. The van der Waals surface area contributed by atoms with E-state index in [0.717, 1.165) is 15.4 Å². The quantitative estimate of drug-likeness (QED) is 0.177. The molecule has 0 aromatic heterocycles. The van der Waals surface area contributed by atoms with Crippen LogP contribution < -0.4 is 14.4 Å². The van der Waals surface area contributed by atoms with Crippen molar-refractivity contribution >= 4 is 43.5 Å². The van der Waals surface area contributed by atoms with Crippen LogP contribution in [0, 0.1) is 12.7 Å². The molecule has 0 fully saturated rings. The van der Waals surface area contributed by atoms with E-state index < -0.39 is 45.8 Å². The number of rotatable bonds is 12. The zero-order valence-electron chi connectivity index (χ0n) is 27.0. The minimum atomic E-state index is -4.31. The van der Waals surface area contributed by atoms with Crippen molar-refractivity contribution in [1.82, 2.24) is 10.2 Å². The molecule has 1 atom stereocenters. The molecule has 4 aromatic carbocycles. The smallest absolute Gasteiger partial charge is 0.264 e. The summed E-state index contributed by atoms with van der Waals surface area (Å²) < 4.78 is 49.2. The molecule has 0 bridgehead atoms. The van der Waals surface area contributed by atoms with E-state index in [2.05, 4.69) is 21.2 Å². The molecule has 4 rings (SSSR count). The summed E-state index contributed by atoms with van der Waals surface area (Å²) in [5.74, 6) is -1.02. The van der Waals surface area contributed by atoms with E-state index in [1.54, 1.807) is 36.4 Å². The number of hydrogen-bond donors (Lipinski definition) is 1. The zero-order chi connectivity index (χ0) is 34.4. The number of methoxy groups -OCH3 is 1. The number of benzene rings is 4. The maximum absolute atomic E-state index is 14.5. The highest BCUT2D eigenvalue weighted by Crippen LogP contribution is 2.31. The summed E-state index contributed by atoms with van der Waals surface area (Å²) in [5.41, 5.74) is 1.95. The van der Waals surface area contributed by atoms with E-state index in [9.17, 15) is 22.4 Å². The fraction of sp³-hybridized carbons (Fsp3) is 0.278. The highest BCUT2D eigenvalue weighted by atomic mass is 79.9. The first-order chi connectivity index (χ1) is 22.2. The maximum atomic E-state index is 14.5. The predicted octanol–water partition coefficient (Wildman–Crippen LogP) is 6.66. The van der Waals surface area contributed by atoms with Gasteiger partial charge in [0, 0.05) is 18.5 Å². The van der Waals surface area contributed by atoms with Crippen LogP contribution in [0.4, 0.5) is 10.1 Å². The molecule has 0 spiro atoms. The molecule has 0 saturated heterocycles. The average Bonchev–Trinajstić information content (AvgIpc) is 3.02. The van der Waals surface area contributed by atoms with E-state index in [0.29, 0.717) is 15.8 Å². The lowest BCUT2D eigenvalue weighted by Gasteiger charge is -2.35. The standard InChI is InChI=1S/C36H39BrFN3O5S/c1-25-11-17-29(18-12-25)41(47(44,45)30-19-20-33(46-5)31(37)22-30)24-34(42)40(23-27-13-15-28(38)16-14-27)32(35(43)39-36(2,3)4)21-26-9-7-6-8-10-26/h6-20,22,32H,21,23-24H2,1-5H3,(H,39,43)/t32-/m1/s1.